The van der Waals surface area contributed by atoms with E-state index in [-0.39, 0.29) is 30.3 Å². The van der Waals surface area contributed by atoms with Crippen LogP contribution in [0.2, 0.25) is 0 Å². The van der Waals surface area contributed by atoms with Gasteiger partial charge in [-0.2, -0.15) is 9.78 Å². The van der Waals surface area contributed by atoms with Gasteiger partial charge in [0.1, 0.15) is 11.3 Å². The summed E-state index contributed by atoms with van der Waals surface area (Å²) in [7, 11) is 1.59. The Hall–Kier alpha value is -4.20. The zero-order chi connectivity index (χ0) is 25.1. The molecule has 2 heterocycles. The number of methoxy groups -OCH3 is 1. The maximum atomic E-state index is 13.0. The third kappa shape index (κ3) is 5.01. The standard InChI is InChI=1S/C27H28N4O4/c1-6-35-27(33)22-15-28-31(23-13-17(3)21-12-16(2)11-18(4)25(21)29-23)26(22)30-24(32)14-19-7-9-20(34-5)10-8-19/h7-13,15H,6,14H2,1-5H3,(H,30,32). The van der Waals surface area contributed by atoms with Gasteiger partial charge in [-0.3, -0.25) is 4.79 Å². The van der Waals surface area contributed by atoms with Crippen LogP contribution < -0.4 is 10.1 Å². The van der Waals surface area contributed by atoms with E-state index in [9.17, 15) is 9.59 Å². The number of hydrogen-bond donors (Lipinski definition) is 1. The number of benzene rings is 2. The minimum absolute atomic E-state index is 0.111. The number of pyridine rings is 1. The van der Waals surface area contributed by atoms with Gasteiger partial charge in [0.25, 0.3) is 0 Å². The van der Waals surface area contributed by atoms with Crippen molar-refractivity contribution >= 4 is 28.6 Å². The van der Waals surface area contributed by atoms with Crippen LogP contribution in [0.3, 0.4) is 0 Å². The van der Waals surface area contributed by atoms with E-state index in [0.717, 1.165) is 33.2 Å². The average Bonchev–Trinajstić information content (AvgIpc) is 3.23. The van der Waals surface area contributed by atoms with Gasteiger partial charge >= 0.3 is 5.97 Å². The molecular formula is C27H28N4O4. The van der Waals surface area contributed by atoms with Gasteiger partial charge in [-0.15, -0.1) is 0 Å². The lowest BCUT2D eigenvalue weighted by molar-refractivity contribution is -0.115. The lowest BCUT2D eigenvalue weighted by Crippen LogP contribution is -2.20. The summed E-state index contributed by atoms with van der Waals surface area (Å²) < 4.78 is 11.8. The van der Waals surface area contributed by atoms with Crippen molar-refractivity contribution in [1.29, 1.82) is 0 Å². The molecule has 180 valence electrons. The molecule has 0 bridgehead atoms. The van der Waals surface area contributed by atoms with E-state index >= 15 is 0 Å². The predicted molar refractivity (Wildman–Crippen MR) is 134 cm³/mol. The predicted octanol–water partition coefficient (Wildman–Crippen LogP) is 4.71. The van der Waals surface area contributed by atoms with Crippen molar-refractivity contribution in [3.63, 3.8) is 0 Å². The van der Waals surface area contributed by atoms with E-state index in [1.807, 2.05) is 32.0 Å². The van der Waals surface area contributed by atoms with Crippen LogP contribution in [0.25, 0.3) is 16.7 Å². The number of hydrogen-bond acceptors (Lipinski definition) is 6. The van der Waals surface area contributed by atoms with Gasteiger partial charge < -0.3 is 14.8 Å². The number of ether oxygens (including phenoxy) is 2. The van der Waals surface area contributed by atoms with E-state index in [4.69, 9.17) is 14.5 Å². The highest BCUT2D eigenvalue weighted by molar-refractivity contribution is 6.01. The SMILES string of the molecule is CCOC(=O)c1cnn(-c2cc(C)c3cc(C)cc(C)c3n2)c1NC(=O)Cc1ccc(OC)cc1. The molecule has 0 unspecified atom stereocenters. The zero-order valence-corrected chi connectivity index (χ0v) is 20.5. The molecule has 0 atom stereocenters. The molecule has 0 aliphatic heterocycles. The number of nitrogens with one attached hydrogen (secondary N) is 1. The number of aryl methyl sites for hydroxylation is 3. The molecule has 0 saturated heterocycles. The van der Waals surface area contributed by atoms with Crippen LogP contribution >= 0.6 is 0 Å². The largest absolute Gasteiger partial charge is 0.497 e. The van der Waals surface area contributed by atoms with E-state index in [0.29, 0.717) is 11.6 Å². The second-order valence-electron chi connectivity index (χ2n) is 8.39. The van der Waals surface area contributed by atoms with Gasteiger partial charge in [0.2, 0.25) is 5.91 Å². The molecular weight excluding hydrogens is 444 g/mol. The van der Waals surface area contributed by atoms with E-state index < -0.39 is 5.97 Å². The molecule has 8 heteroatoms. The fraction of sp³-hybridized carbons (Fsp3) is 0.259. The summed E-state index contributed by atoms with van der Waals surface area (Å²) in [6, 6.07) is 13.3. The van der Waals surface area contributed by atoms with Crippen LogP contribution in [0.15, 0.2) is 48.7 Å². The number of carbonyl (C=O) groups excluding carboxylic acids is 2. The second-order valence-corrected chi connectivity index (χ2v) is 8.39. The molecule has 0 fully saturated rings. The fourth-order valence-corrected chi connectivity index (χ4v) is 4.04. The van der Waals surface area contributed by atoms with Gasteiger partial charge in [0, 0.05) is 5.39 Å². The Labute approximate surface area is 203 Å². The molecule has 4 rings (SSSR count). The summed E-state index contributed by atoms with van der Waals surface area (Å²) in [6.07, 6.45) is 1.50. The Morgan fingerprint density at radius 3 is 2.46 bits per heavy atom. The number of aromatic nitrogens is 3. The van der Waals surface area contributed by atoms with Crippen LogP contribution in [0.4, 0.5) is 5.82 Å². The van der Waals surface area contributed by atoms with Gasteiger partial charge in [0.05, 0.1) is 31.9 Å². The van der Waals surface area contributed by atoms with Crippen LogP contribution in [0.5, 0.6) is 5.75 Å². The molecule has 2 aromatic carbocycles. The minimum Gasteiger partial charge on any atom is -0.497 e. The quantitative estimate of drug-likeness (QED) is 0.391. The molecule has 1 N–H and O–H groups in total. The first-order valence-corrected chi connectivity index (χ1v) is 11.4. The van der Waals surface area contributed by atoms with Crippen molar-refractivity contribution in [1.82, 2.24) is 14.8 Å². The molecule has 1 amide bonds. The maximum Gasteiger partial charge on any atom is 0.343 e. The number of fused-ring (bicyclic) bond motifs is 1. The number of amides is 1. The summed E-state index contributed by atoms with van der Waals surface area (Å²) >= 11 is 0. The number of anilines is 1. The van der Waals surface area contributed by atoms with E-state index in [2.05, 4.69) is 29.5 Å². The molecule has 0 aliphatic rings. The van der Waals surface area contributed by atoms with Gasteiger partial charge in [0.15, 0.2) is 11.6 Å². The Kier molecular flexibility index (Phi) is 6.82. The summed E-state index contributed by atoms with van der Waals surface area (Å²) in [5.74, 6) is 0.560. The smallest absolute Gasteiger partial charge is 0.343 e. The topological polar surface area (TPSA) is 95.3 Å². The lowest BCUT2D eigenvalue weighted by Gasteiger charge is -2.13. The maximum absolute atomic E-state index is 13.0. The van der Waals surface area contributed by atoms with Gasteiger partial charge in [-0.25, -0.2) is 9.78 Å². The second kappa shape index (κ2) is 9.97. The van der Waals surface area contributed by atoms with Crippen molar-refractivity contribution in [2.45, 2.75) is 34.1 Å². The minimum atomic E-state index is -0.567. The van der Waals surface area contributed by atoms with E-state index in [1.165, 1.54) is 10.9 Å². The van der Waals surface area contributed by atoms with Gasteiger partial charge in [-0.1, -0.05) is 23.8 Å². The van der Waals surface area contributed by atoms with Gasteiger partial charge in [-0.05, 0) is 68.7 Å². The van der Waals surface area contributed by atoms with Crippen molar-refractivity contribution in [3.05, 3.63) is 76.5 Å². The summed E-state index contributed by atoms with van der Waals surface area (Å²) in [4.78, 5) is 30.4. The monoisotopic (exact) mass is 472 g/mol. The summed E-state index contributed by atoms with van der Waals surface area (Å²) in [6.45, 7) is 7.99. The van der Waals surface area contributed by atoms with Crippen molar-refractivity contribution < 1.29 is 19.1 Å². The van der Waals surface area contributed by atoms with Crippen molar-refractivity contribution in [2.24, 2.45) is 0 Å². The van der Waals surface area contributed by atoms with Crippen LogP contribution in [0.1, 0.15) is 39.5 Å². The molecule has 4 aromatic rings. The molecule has 8 nitrogen and oxygen atoms in total. The van der Waals surface area contributed by atoms with Crippen molar-refractivity contribution in [3.8, 4) is 11.6 Å². The Balaban J connectivity index is 1.74. The number of nitrogens with zero attached hydrogens (tertiary/aromatic N) is 3. The molecule has 0 saturated carbocycles. The van der Waals surface area contributed by atoms with Crippen LogP contribution in [-0.4, -0.2) is 40.4 Å². The first-order valence-electron chi connectivity index (χ1n) is 11.4. The first-order chi connectivity index (χ1) is 16.8. The Bertz CT molecular complexity index is 1410. The number of carbonyl (C=O) groups is 2. The highest BCUT2D eigenvalue weighted by atomic mass is 16.5. The third-order valence-corrected chi connectivity index (χ3v) is 5.70. The Morgan fingerprint density at radius 1 is 1.03 bits per heavy atom. The normalized spacial score (nSPS) is 10.9. The molecule has 35 heavy (non-hydrogen) atoms. The zero-order valence-electron chi connectivity index (χ0n) is 20.5. The highest BCUT2D eigenvalue weighted by Crippen LogP contribution is 2.27. The highest BCUT2D eigenvalue weighted by Gasteiger charge is 2.23. The molecule has 2 aromatic heterocycles. The summed E-state index contributed by atoms with van der Waals surface area (Å²) in [5.41, 5.74) is 5.01. The first kappa shape index (κ1) is 23.9. The third-order valence-electron chi connectivity index (χ3n) is 5.70. The fourth-order valence-electron chi connectivity index (χ4n) is 4.04. The molecule has 0 aliphatic carbocycles. The van der Waals surface area contributed by atoms with Crippen LogP contribution in [0, 0.1) is 20.8 Å². The Morgan fingerprint density at radius 2 is 1.77 bits per heavy atom. The molecule has 0 radical (unpaired) electrons. The number of esters is 1. The van der Waals surface area contributed by atoms with Crippen LogP contribution in [-0.2, 0) is 16.0 Å². The molecule has 0 spiro atoms. The number of rotatable bonds is 7. The van der Waals surface area contributed by atoms with Crippen molar-refractivity contribution in [2.75, 3.05) is 19.0 Å². The average molecular weight is 473 g/mol. The summed E-state index contributed by atoms with van der Waals surface area (Å²) in [5, 5.41) is 8.29. The van der Waals surface area contributed by atoms with E-state index in [1.54, 1.807) is 26.2 Å². The lowest BCUT2D eigenvalue weighted by atomic mass is 10.0.